The van der Waals surface area contributed by atoms with Gasteiger partial charge < -0.3 is 20.0 Å². The normalized spacial score (nSPS) is 19.1. The Kier molecular flexibility index (Phi) is 6.26. The zero-order valence-electron chi connectivity index (χ0n) is 19.4. The van der Waals surface area contributed by atoms with Crippen LogP contribution in [0.3, 0.4) is 0 Å². The van der Waals surface area contributed by atoms with E-state index in [0.717, 1.165) is 11.1 Å². The number of aryl methyl sites for hydroxylation is 1. The monoisotopic (exact) mass is 450 g/mol. The van der Waals surface area contributed by atoms with Gasteiger partial charge in [-0.3, -0.25) is 14.5 Å². The van der Waals surface area contributed by atoms with Crippen molar-refractivity contribution in [2.45, 2.75) is 46.3 Å². The van der Waals surface area contributed by atoms with Crippen LogP contribution in [0.5, 0.6) is 0 Å². The molecule has 0 bridgehead atoms. The van der Waals surface area contributed by atoms with E-state index in [1.807, 2.05) is 52.0 Å². The van der Waals surface area contributed by atoms with E-state index in [9.17, 15) is 14.4 Å². The van der Waals surface area contributed by atoms with Crippen molar-refractivity contribution in [1.29, 1.82) is 0 Å². The third-order valence-electron chi connectivity index (χ3n) is 6.23. The number of hydrogen-bond acceptors (Lipinski definition) is 4. The van der Waals surface area contributed by atoms with Gasteiger partial charge in [-0.05, 0) is 37.5 Å². The SMILES string of the molecule is CCN1C(=O)N[C@H](c2ccc(C)cc2)C2=C1CN([C@H](C(=O)NCc1ccco1)C(C)C)C2=O. The maximum atomic E-state index is 13.7. The predicted molar refractivity (Wildman–Crippen MR) is 123 cm³/mol. The molecule has 2 aromatic rings. The molecule has 2 aliphatic rings. The summed E-state index contributed by atoms with van der Waals surface area (Å²) in [5.41, 5.74) is 3.14. The van der Waals surface area contributed by atoms with E-state index < -0.39 is 12.1 Å². The minimum atomic E-state index is -0.675. The van der Waals surface area contributed by atoms with E-state index in [-0.39, 0.29) is 36.9 Å². The second-order valence-corrected chi connectivity index (χ2v) is 8.82. The predicted octanol–water partition coefficient (Wildman–Crippen LogP) is 3.11. The van der Waals surface area contributed by atoms with Crippen molar-refractivity contribution >= 4 is 17.8 Å². The molecule has 0 fully saturated rings. The van der Waals surface area contributed by atoms with Crippen molar-refractivity contribution in [3.8, 4) is 0 Å². The summed E-state index contributed by atoms with van der Waals surface area (Å²) >= 11 is 0. The molecular formula is C25H30N4O4. The Labute approximate surface area is 193 Å². The van der Waals surface area contributed by atoms with E-state index >= 15 is 0 Å². The molecule has 4 amide bonds. The number of carbonyl (C=O) groups excluding carboxylic acids is 3. The Morgan fingerprint density at radius 1 is 1.21 bits per heavy atom. The first-order valence-electron chi connectivity index (χ1n) is 11.3. The van der Waals surface area contributed by atoms with Crippen molar-refractivity contribution in [3.63, 3.8) is 0 Å². The number of carbonyl (C=O) groups is 3. The van der Waals surface area contributed by atoms with Crippen LogP contribution in [0.25, 0.3) is 0 Å². The Morgan fingerprint density at radius 2 is 1.94 bits per heavy atom. The number of hydrogen-bond donors (Lipinski definition) is 2. The number of nitrogens with zero attached hydrogens (tertiary/aromatic N) is 2. The number of amides is 4. The highest BCUT2D eigenvalue weighted by atomic mass is 16.3. The third kappa shape index (κ3) is 4.25. The minimum Gasteiger partial charge on any atom is -0.467 e. The number of likely N-dealkylation sites (N-methyl/N-ethyl adjacent to an activating group) is 1. The van der Waals surface area contributed by atoms with Gasteiger partial charge >= 0.3 is 6.03 Å². The zero-order chi connectivity index (χ0) is 23.7. The molecule has 1 aromatic heterocycles. The lowest BCUT2D eigenvalue weighted by molar-refractivity contribution is -0.138. The Bertz CT molecular complexity index is 1070. The van der Waals surface area contributed by atoms with E-state index in [0.29, 0.717) is 23.6 Å². The van der Waals surface area contributed by atoms with Crippen LogP contribution in [0.1, 0.15) is 43.7 Å². The van der Waals surface area contributed by atoms with E-state index in [2.05, 4.69) is 10.6 Å². The summed E-state index contributed by atoms with van der Waals surface area (Å²) in [7, 11) is 0. The highest BCUT2D eigenvalue weighted by Gasteiger charge is 2.47. The number of rotatable bonds is 7. The van der Waals surface area contributed by atoms with Crippen molar-refractivity contribution in [2.75, 3.05) is 13.1 Å². The Morgan fingerprint density at radius 3 is 2.55 bits per heavy atom. The molecule has 0 radical (unpaired) electrons. The van der Waals surface area contributed by atoms with Crippen molar-refractivity contribution in [2.24, 2.45) is 5.92 Å². The molecule has 0 saturated heterocycles. The molecule has 4 rings (SSSR count). The van der Waals surface area contributed by atoms with Gasteiger partial charge in [0, 0.05) is 6.54 Å². The van der Waals surface area contributed by atoms with Gasteiger partial charge in [-0.2, -0.15) is 0 Å². The molecule has 2 atom stereocenters. The summed E-state index contributed by atoms with van der Waals surface area (Å²) in [6.07, 6.45) is 1.55. The molecule has 174 valence electrons. The number of benzene rings is 1. The van der Waals surface area contributed by atoms with E-state index in [4.69, 9.17) is 4.42 Å². The lowest BCUT2D eigenvalue weighted by Crippen LogP contribution is -2.51. The summed E-state index contributed by atoms with van der Waals surface area (Å²) in [5, 5.41) is 5.87. The first kappa shape index (κ1) is 22.6. The Balaban J connectivity index is 1.64. The van der Waals surface area contributed by atoms with Gasteiger partial charge in [0.1, 0.15) is 11.8 Å². The molecule has 0 unspecified atom stereocenters. The van der Waals surface area contributed by atoms with Gasteiger partial charge in [-0.25, -0.2) is 4.79 Å². The highest BCUT2D eigenvalue weighted by molar-refractivity contribution is 6.03. The van der Waals surface area contributed by atoms with Crippen LogP contribution in [0.4, 0.5) is 4.79 Å². The summed E-state index contributed by atoms with van der Waals surface area (Å²) in [4.78, 5) is 42.9. The van der Waals surface area contributed by atoms with Crippen molar-refractivity contribution in [1.82, 2.24) is 20.4 Å². The summed E-state index contributed by atoms with van der Waals surface area (Å²) in [6.45, 7) is 8.60. The topological polar surface area (TPSA) is 94.9 Å². The highest BCUT2D eigenvalue weighted by Crippen LogP contribution is 2.37. The van der Waals surface area contributed by atoms with E-state index in [1.165, 1.54) is 0 Å². The van der Waals surface area contributed by atoms with Gasteiger partial charge in [0.15, 0.2) is 0 Å². The molecule has 33 heavy (non-hydrogen) atoms. The number of nitrogens with one attached hydrogen (secondary N) is 2. The molecule has 0 aliphatic carbocycles. The van der Waals surface area contributed by atoms with Crippen LogP contribution in [0.2, 0.25) is 0 Å². The molecular weight excluding hydrogens is 420 g/mol. The fourth-order valence-corrected chi connectivity index (χ4v) is 4.58. The molecule has 2 N–H and O–H groups in total. The number of urea groups is 1. The van der Waals surface area contributed by atoms with Gasteiger partial charge in [0.25, 0.3) is 5.91 Å². The lowest BCUT2D eigenvalue weighted by Gasteiger charge is -2.33. The average molecular weight is 451 g/mol. The second-order valence-electron chi connectivity index (χ2n) is 8.82. The van der Waals surface area contributed by atoms with Gasteiger partial charge in [0.2, 0.25) is 5.91 Å². The standard InChI is InChI=1S/C25H30N4O4/c1-5-28-19-14-29(22(15(2)3)23(30)26-13-18-7-6-12-33-18)24(31)20(19)21(27-25(28)32)17-10-8-16(4)9-11-17/h6-12,15,21-22H,5,13-14H2,1-4H3,(H,26,30)(H,27,32)/t21-,22+/m1/s1. The lowest BCUT2D eigenvalue weighted by atomic mass is 9.94. The van der Waals surface area contributed by atoms with Crippen LogP contribution < -0.4 is 10.6 Å². The molecule has 8 nitrogen and oxygen atoms in total. The van der Waals surface area contributed by atoms with Crippen LogP contribution in [-0.2, 0) is 16.1 Å². The maximum absolute atomic E-state index is 13.7. The van der Waals surface area contributed by atoms with Crippen LogP contribution in [-0.4, -0.2) is 46.8 Å². The fourth-order valence-electron chi connectivity index (χ4n) is 4.58. The molecule has 0 saturated carbocycles. The smallest absolute Gasteiger partial charge is 0.322 e. The third-order valence-corrected chi connectivity index (χ3v) is 6.23. The van der Waals surface area contributed by atoms with Crippen molar-refractivity contribution < 1.29 is 18.8 Å². The quantitative estimate of drug-likeness (QED) is 0.678. The van der Waals surface area contributed by atoms with E-state index in [1.54, 1.807) is 28.2 Å². The fraction of sp³-hybridized carbons (Fsp3) is 0.400. The Hall–Kier alpha value is -3.55. The molecule has 1 aromatic carbocycles. The maximum Gasteiger partial charge on any atom is 0.322 e. The van der Waals surface area contributed by atoms with Crippen molar-refractivity contribution in [3.05, 3.63) is 70.8 Å². The minimum absolute atomic E-state index is 0.122. The van der Waals surface area contributed by atoms with Gasteiger partial charge in [-0.15, -0.1) is 0 Å². The first-order chi connectivity index (χ1) is 15.8. The molecule has 0 spiro atoms. The van der Waals surface area contributed by atoms with Gasteiger partial charge in [0.05, 0.1) is 36.7 Å². The summed E-state index contributed by atoms with van der Waals surface area (Å²) in [5.74, 6) is 0.0515. The molecule has 2 aliphatic heterocycles. The number of furan rings is 1. The molecule has 3 heterocycles. The molecule has 8 heteroatoms. The summed E-state index contributed by atoms with van der Waals surface area (Å²) in [6, 6.07) is 9.87. The van der Waals surface area contributed by atoms with Crippen LogP contribution in [0, 0.1) is 12.8 Å². The van der Waals surface area contributed by atoms with Gasteiger partial charge in [-0.1, -0.05) is 43.7 Å². The zero-order valence-corrected chi connectivity index (χ0v) is 19.4. The first-order valence-corrected chi connectivity index (χ1v) is 11.3. The second kappa shape index (κ2) is 9.13. The average Bonchev–Trinajstić information content (AvgIpc) is 3.41. The van der Waals surface area contributed by atoms with Crippen LogP contribution in [0.15, 0.2) is 58.3 Å². The largest absolute Gasteiger partial charge is 0.467 e. The summed E-state index contributed by atoms with van der Waals surface area (Å²) < 4.78 is 5.30. The van der Waals surface area contributed by atoms with Crippen LogP contribution >= 0.6 is 0 Å².